The zero-order valence-corrected chi connectivity index (χ0v) is 11.9. The van der Waals surface area contributed by atoms with Gasteiger partial charge in [0.2, 0.25) is 0 Å². The molecule has 2 amide bonds. The standard InChI is InChI=1S/C15H12F3N3O2/c16-15(17,18)11-5-9(2-1-8(11)7-19)21-13-4-3-10(22)6-12(13)20-14(21)23/h1-2,5,12-13H,3-4,6H2,(H,20,23). The van der Waals surface area contributed by atoms with Crippen molar-refractivity contribution < 1.29 is 22.8 Å². The Bertz CT molecular complexity index is 724. The van der Waals surface area contributed by atoms with Crippen LogP contribution in [0.5, 0.6) is 0 Å². The van der Waals surface area contributed by atoms with Crippen LogP contribution in [0.1, 0.15) is 30.4 Å². The van der Waals surface area contributed by atoms with Crippen molar-refractivity contribution in [3.8, 4) is 6.07 Å². The molecule has 1 N–H and O–H groups in total. The predicted molar refractivity (Wildman–Crippen MR) is 73.6 cm³/mol. The van der Waals surface area contributed by atoms with Crippen LogP contribution in [-0.4, -0.2) is 23.9 Å². The summed E-state index contributed by atoms with van der Waals surface area (Å²) in [5, 5.41) is 11.5. The minimum Gasteiger partial charge on any atom is -0.332 e. The minimum atomic E-state index is -4.68. The van der Waals surface area contributed by atoms with Crippen LogP contribution >= 0.6 is 0 Å². The van der Waals surface area contributed by atoms with Crippen molar-refractivity contribution in [1.82, 2.24) is 5.32 Å². The summed E-state index contributed by atoms with van der Waals surface area (Å²) in [6.07, 6.45) is -3.78. The number of rotatable bonds is 1. The number of Topliss-reactive ketones (excluding diaryl/α,β-unsaturated/α-hetero) is 1. The Balaban J connectivity index is 2.00. The van der Waals surface area contributed by atoms with E-state index in [-0.39, 0.29) is 30.0 Å². The van der Waals surface area contributed by atoms with Crippen molar-refractivity contribution in [3.05, 3.63) is 29.3 Å². The van der Waals surface area contributed by atoms with Gasteiger partial charge in [0.05, 0.1) is 29.3 Å². The molecule has 0 spiro atoms. The Kier molecular flexibility index (Phi) is 3.51. The molecule has 8 heteroatoms. The number of fused-ring (bicyclic) bond motifs is 1. The van der Waals surface area contributed by atoms with E-state index >= 15 is 0 Å². The highest BCUT2D eigenvalue weighted by Gasteiger charge is 2.44. The first kappa shape index (κ1) is 15.3. The molecule has 1 heterocycles. The van der Waals surface area contributed by atoms with Crippen molar-refractivity contribution in [3.63, 3.8) is 0 Å². The zero-order chi connectivity index (χ0) is 16.8. The van der Waals surface area contributed by atoms with E-state index in [2.05, 4.69) is 5.32 Å². The van der Waals surface area contributed by atoms with Gasteiger partial charge in [-0.25, -0.2) is 4.79 Å². The molecule has 1 saturated carbocycles. The maximum Gasteiger partial charge on any atom is 0.417 e. The third-order valence-corrected chi connectivity index (χ3v) is 4.20. The molecule has 23 heavy (non-hydrogen) atoms. The Morgan fingerprint density at radius 3 is 2.70 bits per heavy atom. The van der Waals surface area contributed by atoms with E-state index in [1.165, 1.54) is 17.0 Å². The summed E-state index contributed by atoms with van der Waals surface area (Å²) in [4.78, 5) is 24.8. The number of anilines is 1. The number of urea groups is 1. The van der Waals surface area contributed by atoms with Gasteiger partial charge < -0.3 is 5.32 Å². The molecule has 2 atom stereocenters. The van der Waals surface area contributed by atoms with Gasteiger partial charge in [-0.2, -0.15) is 18.4 Å². The second-order valence-electron chi connectivity index (χ2n) is 5.61. The topological polar surface area (TPSA) is 73.2 Å². The molecule has 1 aromatic rings. The molecule has 0 radical (unpaired) electrons. The molecule has 0 bridgehead atoms. The van der Waals surface area contributed by atoms with Gasteiger partial charge in [-0.1, -0.05) is 0 Å². The van der Waals surface area contributed by atoms with E-state index < -0.39 is 23.3 Å². The molecular weight excluding hydrogens is 311 g/mol. The molecule has 0 aromatic heterocycles. The van der Waals surface area contributed by atoms with E-state index in [4.69, 9.17) is 5.26 Å². The van der Waals surface area contributed by atoms with Crippen molar-refractivity contribution in [2.75, 3.05) is 4.90 Å². The highest BCUT2D eigenvalue weighted by atomic mass is 19.4. The molecular formula is C15H12F3N3O2. The molecule has 5 nitrogen and oxygen atoms in total. The highest BCUT2D eigenvalue weighted by molar-refractivity contribution is 5.97. The van der Waals surface area contributed by atoms with Crippen molar-refractivity contribution >= 4 is 17.5 Å². The van der Waals surface area contributed by atoms with Crippen LogP contribution < -0.4 is 10.2 Å². The lowest BCUT2D eigenvalue weighted by Crippen LogP contribution is -2.41. The Morgan fingerprint density at radius 1 is 1.30 bits per heavy atom. The monoisotopic (exact) mass is 323 g/mol. The Labute approximate surface area is 129 Å². The Hall–Kier alpha value is -2.56. The molecule has 2 fully saturated rings. The number of halogens is 3. The van der Waals surface area contributed by atoms with E-state index in [0.29, 0.717) is 12.8 Å². The number of amides is 2. The van der Waals surface area contributed by atoms with Gasteiger partial charge in [0.1, 0.15) is 5.78 Å². The summed E-state index contributed by atoms with van der Waals surface area (Å²) < 4.78 is 39.2. The summed E-state index contributed by atoms with van der Waals surface area (Å²) in [6, 6.07) is 3.46. The second kappa shape index (κ2) is 5.26. The lowest BCUT2D eigenvalue weighted by Gasteiger charge is -2.29. The van der Waals surface area contributed by atoms with Gasteiger partial charge in [0, 0.05) is 18.5 Å². The first-order valence-corrected chi connectivity index (χ1v) is 7.04. The van der Waals surface area contributed by atoms with Crippen LogP contribution in [0.2, 0.25) is 0 Å². The molecule has 1 aliphatic heterocycles. The van der Waals surface area contributed by atoms with E-state index in [9.17, 15) is 22.8 Å². The van der Waals surface area contributed by atoms with E-state index in [0.717, 1.165) is 12.1 Å². The first-order chi connectivity index (χ1) is 10.8. The lowest BCUT2D eigenvalue weighted by atomic mass is 9.89. The quantitative estimate of drug-likeness (QED) is 0.863. The van der Waals surface area contributed by atoms with Gasteiger partial charge in [-0.05, 0) is 24.6 Å². The fraction of sp³-hybridized carbons (Fsp3) is 0.400. The summed E-state index contributed by atoms with van der Waals surface area (Å²) in [7, 11) is 0. The fourth-order valence-corrected chi connectivity index (χ4v) is 3.15. The molecule has 1 aromatic carbocycles. The number of alkyl halides is 3. The van der Waals surface area contributed by atoms with Crippen LogP contribution in [0.15, 0.2) is 18.2 Å². The number of nitrogens with one attached hydrogen (secondary N) is 1. The zero-order valence-electron chi connectivity index (χ0n) is 11.9. The maximum absolute atomic E-state index is 13.1. The first-order valence-electron chi connectivity index (χ1n) is 7.04. The average Bonchev–Trinajstić information content (AvgIpc) is 2.80. The highest BCUT2D eigenvalue weighted by Crippen LogP contribution is 2.37. The Morgan fingerprint density at radius 2 is 2.04 bits per heavy atom. The van der Waals surface area contributed by atoms with Gasteiger partial charge in [0.15, 0.2) is 0 Å². The third-order valence-electron chi connectivity index (χ3n) is 4.20. The summed E-state index contributed by atoms with van der Waals surface area (Å²) in [5.41, 5.74) is -1.48. The van der Waals surface area contributed by atoms with Crippen LogP contribution in [0, 0.1) is 11.3 Å². The summed E-state index contributed by atoms with van der Waals surface area (Å²) in [6.45, 7) is 0. The van der Waals surface area contributed by atoms with Gasteiger partial charge in [-0.15, -0.1) is 0 Å². The molecule has 3 rings (SSSR count). The SMILES string of the molecule is N#Cc1ccc(N2C(=O)NC3CC(=O)CCC32)cc1C(F)(F)F. The van der Waals surface area contributed by atoms with Crippen molar-refractivity contribution in [2.24, 2.45) is 0 Å². The van der Waals surface area contributed by atoms with Crippen molar-refractivity contribution in [1.29, 1.82) is 5.26 Å². The van der Waals surface area contributed by atoms with E-state index in [1.807, 2.05) is 0 Å². The second-order valence-corrected chi connectivity index (χ2v) is 5.61. The fourth-order valence-electron chi connectivity index (χ4n) is 3.15. The van der Waals surface area contributed by atoms with Crippen LogP contribution in [0.25, 0.3) is 0 Å². The normalized spacial score (nSPS) is 24.2. The van der Waals surface area contributed by atoms with Gasteiger partial charge in [0.25, 0.3) is 0 Å². The predicted octanol–water partition coefficient (Wildman–Crippen LogP) is 2.60. The van der Waals surface area contributed by atoms with Gasteiger partial charge >= 0.3 is 12.2 Å². The number of carbonyl (C=O) groups is 2. The number of carbonyl (C=O) groups excluding carboxylic acids is 2. The smallest absolute Gasteiger partial charge is 0.332 e. The number of benzene rings is 1. The number of nitriles is 1. The third kappa shape index (κ3) is 2.63. The van der Waals surface area contributed by atoms with Crippen LogP contribution in [-0.2, 0) is 11.0 Å². The molecule has 120 valence electrons. The number of ketones is 1. The molecule has 1 aliphatic carbocycles. The van der Waals surface area contributed by atoms with Crippen LogP contribution in [0.3, 0.4) is 0 Å². The average molecular weight is 323 g/mol. The number of hydrogen-bond donors (Lipinski definition) is 1. The summed E-state index contributed by atoms with van der Waals surface area (Å²) >= 11 is 0. The maximum atomic E-state index is 13.1. The minimum absolute atomic E-state index is 0.0317. The molecule has 2 unspecified atom stereocenters. The van der Waals surface area contributed by atoms with Crippen molar-refractivity contribution in [2.45, 2.75) is 37.5 Å². The van der Waals surface area contributed by atoms with Gasteiger partial charge in [-0.3, -0.25) is 9.69 Å². The molecule has 2 aliphatic rings. The molecule has 1 saturated heterocycles. The lowest BCUT2D eigenvalue weighted by molar-refractivity contribution is -0.137. The summed E-state index contributed by atoms with van der Waals surface area (Å²) in [5.74, 6) is 0.0317. The number of nitrogens with zero attached hydrogens (tertiary/aromatic N) is 2. The van der Waals surface area contributed by atoms with Crippen LogP contribution in [0.4, 0.5) is 23.7 Å². The number of hydrogen-bond acceptors (Lipinski definition) is 3. The van der Waals surface area contributed by atoms with E-state index in [1.54, 1.807) is 0 Å². The largest absolute Gasteiger partial charge is 0.417 e.